The number of aromatic nitrogens is 2. The molecule has 118 valence electrons. The fraction of sp³-hybridized carbons (Fsp3) is 0.235. The van der Waals surface area contributed by atoms with E-state index in [-0.39, 0.29) is 12.3 Å². The first-order chi connectivity index (χ1) is 11.1. The van der Waals surface area contributed by atoms with Gasteiger partial charge >= 0.3 is 0 Å². The Morgan fingerprint density at radius 1 is 1.17 bits per heavy atom. The van der Waals surface area contributed by atoms with Gasteiger partial charge in [0.15, 0.2) is 5.76 Å². The molecule has 0 aliphatic rings. The Kier molecular flexibility index (Phi) is 4.23. The summed E-state index contributed by atoms with van der Waals surface area (Å²) >= 11 is 0. The van der Waals surface area contributed by atoms with Crippen LogP contribution < -0.4 is 5.32 Å². The monoisotopic (exact) mass is 311 g/mol. The normalized spacial score (nSPS) is 10.7. The van der Waals surface area contributed by atoms with E-state index in [2.05, 4.69) is 15.3 Å². The lowest BCUT2D eigenvalue weighted by atomic mass is 10.2. The lowest BCUT2D eigenvalue weighted by Crippen LogP contribution is -2.25. The summed E-state index contributed by atoms with van der Waals surface area (Å²) in [6.45, 7) is 4.09. The summed E-state index contributed by atoms with van der Waals surface area (Å²) in [6.07, 6.45) is 1.71. The number of amides is 1. The average Bonchev–Trinajstić information content (AvgIpc) is 3.16. The van der Waals surface area contributed by atoms with E-state index in [0.717, 1.165) is 11.4 Å². The van der Waals surface area contributed by atoms with Gasteiger partial charge < -0.3 is 14.2 Å². The average molecular weight is 311 g/mol. The molecule has 3 heterocycles. The van der Waals surface area contributed by atoms with Gasteiger partial charge in [-0.3, -0.25) is 9.78 Å². The highest BCUT2D eigenvalue weighted by atomic mass is 16.4. The highest BCUT2D eigenvalue weighted by Gasteiger charge is 2.16. The number of pyridine rings is 1. The molecule has 0 saturated carbocycles. The molecule has 0 aliphatic carbocycles. The zero-order valence-corrected chi connectivity index (χ0v) is 13.0. The third-order valence-electron chi connectivity index (χ3n) is 3.37. The zero-order chi connectivity index (χ0) is 16.2. The second kappa shape index (κ2) is 6.48. The fourth-order valence-electron chi connectivity index (χ4n) is 2.20. The Hall–Kier alpha value is -2.89. The third-order valence-corrected chi connectivity index (χ3v) is 3.37. The van der Waals surface area contributed by atoms with Crippen LogP contribution in [0.4, 0.5) is 0 Å². The van der Waals surface area contributed by atoms with Crippen molar-refractivity contribution in [1.82, 2.24) is 15.3 Å². The number of rotatable bonds is 5. The smallest absolute Gasteiger partial charge is 0.263 e. The molecule has 6 heteroatoms. The van der Waals surface area contributed by atoms with E-state index in [1.165, 1.54) is 0 Å². The van der Waals surface area contributed by atoms with Crippen molar-refractivity contribution in [3.8, 4) is 11.7 Å². The second-order valence-electron chi connectivity index (χ2n) is 5.22. The standard InChI is InChI=1S/C17H17N3O3/c1-11-5-3-6-13(19-11)10-18-16(21)9-14-12(2)23-17(20-14)15-7-4-8-22-15/h3-8H,9-10H2,1-2H3,(H,18,21). The van der Waals surface area contributed by atoms with Crippen molar-refractivity contribution in [3.05, 3.63) is 59.4 Å². The largest absolute Gasteiger partial charge is 0.459 e. The molecule has 1 amide bonds. The first-order valence-electron chi connectivity index (χ1n) is 7.31. The van der Waals surface area contributed by atoms with Crippen LogP contribution in [0.1, 0.15) is 22.8 Å². The zero-order valence-electron chi connectivity index (χ0n) is 13.0. The van der Waals surface area contributed by atoms with E-state index in [4.69, 9.17) is 8.83 Å². The minimum atomic E-state index is -0.129. The molecule has 0 unspecified atom stereocenters. The Morgan fingerprint density at radius 3 is 2.78 bits per heavy atom. The lowest BCUT2D eigenvalue weighted by Gasteiger charge is -2.04. The predicted octanol–water partition coefficient (Wildman–Crippen LogP) is 2.81. The molecule has 0 saturated heterocycles. The van der Waals surface area contributed by atoms with Gasteiger partial charge in [-0.2, -0.15) is 0 Å². The van der Waals surface area contributed by atoms with Crippen LogP contribution in [0.5, 0.6) is 0 Å². The summed E-state index contributed by atoms with van der Waals surface area (Å²) in [5, 5.41) is 2.84. The molecule has 1 N–H and O–H groups in total. The van der Waals surface area contributed by atoms with Gasteiger partial charge in [0.2, 0.25) is 5.91 Å². The van der Waals surface area contributed by atoms with Gasteiger partial charge in [-0.25, -0.2) is 4.98 Å². The number of hydrogen-bond donors (Lipinski definition) is 1. The molecule has 0 spiro atoms. The van der Waals surface area contributed by atoms with Gasteiger partial charge in [0.25, 0.3) is 5.89 Å². The summed E-state index contributed by atoms with van der Waals surface area (Å²) < 4.78 is 10.8. The topological polar surface area (TPSA) is 81.2 Å². The van der Waals surface area contributed by atoms with Gasteiger partial charge in [-0.05, 0) is 38.1 Å². The van der Waals surface area contributed by atoms with E-state index >= 15 is 0 Å². The van der Waals surface area contributed by atoms with Gasteiger partial charge in [-0.1, -0.05) is 6.07 Å². The number of nitrogens with zero attached hydrogens (tertiary/aromatic N) is 2. The maximum atomic E-state index is 12.1. The quantitative estimate of drug-likeness (QED) is 0.783. The number of furan rings is 1. The summed E-state index contributed by atoms with van der Waals surface area (Å²) in [5.41, 5.74) is 2.35. The van der Waals surface area contributed by atoms with Gasteiger partial charge in [0.1, 0.15) is 5.76 Å². The number of oxazole rings is 1. The molecule has 3 rings (SSSR count). The van der Waals surface area contributed by atoms with Crippen LogP contribution in [-0.2, 0) is 17.8 Å². The highest BCUT2D eigenvalue weighted by Crippen LogP contribution is 2.22. The van der Waals surface area contributed by atoms with Crippen molar-refractivity contribution in [1.29, 1.82) is 0 Å². The van der Waals surface area contributed by atoms with Gasteiger partial charge in [0.05, 0.1) is 30.6 Å². The summed E-state index contributed by atoms with van der Waals surface area (Å²) in [6, 6.07) is 9.24. The molecule has 0 atom stereocenters. The lowest BCUT2D eigenvalue weighted by molar-refractivity contribution is -0.120. The molecular weight excluding hydrogens is 294 g/mol. The Balaban J connectivity index is 1.62. The van der Waals surface area contributed by atoms with Crippen molar-refractivity contribution in [3.63, 3.8) is 0 Å². The van der Waals surface area contributed by atoms with Crippen LogP contribution in [0.15, 0.2) is 45.4 Å². The number of hydrogen-bond acceptors (Lipinski definition) is 5. The van der Waals surface area contributed by atoms with Crippen molar-refractivity contribution in [2.75, 3.05) is 0 Å². The molecule has 3 aromatic heterocycles. The van der Waals surface area contributed by atoms with Crippen molar-refractivity contribution < 1.29 is 13.6 Å². The first-order valence-corrected chi connectivity index (χ1v) is 7.31. The van der Waals surface area contributed by atoms with Gasteiger partial charge in [-0.15, -0.1) is 0 Å². The van der Waals surface area contributed by atoms with Crippen molar-refractivity contribution in [2.45, 2.75) is 26.8 Å². The molecule has 3 aromatic rings. The number of carbonyl (C=O) groups excluding carboxylic acids is 1. The molecule has 0 aliphatic heterocycles. The number of nitrogens with one attached hydrogen (secondary N) is 1. The number of carbonyl (C=O) groups is 1. The maximum absolute atomic E-state index is 12.1. The minimum absolute atomic E-state index is 0.129. The first kappa shape index (κ1) is 15.0. The SMILES string of the molecule is Cc1cccc(CNC(=O)Cc2nc(-c3ccco3)oc2C)n1. The van der Waals surface area contributed by atoms with Crippen LogP contribution in [0.2, 0.25) is 0 Å². The molecule has 6 nitrogen and oxygen atoms in total. The van der Waals surface area contributed by atoms with Crippen LogP contribution in [-0.4, -0.2) is 15.9 Å². The molecule has 0 bridgehead atoms. The summed E-state index contributed by atoms with van der Waals surface area (Å²) in [4.78, 5) is 20.7. The maximum Gasteiger partial charge on any atom is 0.263 e. The second-order valence-corrected chi connectivity index (χ2v) is 5.22. The van der Waals surface area contributed by atoms with E-state index in [0.29, 0.717) is 29.6 Å². The van der Waals surface area contributed by atoms with Crippen LogP contribution in [0, 0.1) is 13.8 Å². The van der Waals surface area contributed by atoms with E-state index < -0.39 is 0 Å². The van der Waals surface area contributed by atoms with Gasteiger partial charge in [0, 0.05) is 5.69 Å². The number of aryl methyl sites for hydroxylation is 2. The molecule has 0 aromatic carbocycles. The van der Waals surface area contributed by atoms with Crippen LogP contribution >= 0.6 is 0 Å². The minimum Gasteiger partial charge on any atom is -0.459 e. The van der Waals surface area contributed by atoms with Crippen molar-refractivity contribution >= 4 is 5.91 Å². The van der Waals surface area contributed by atoms with E-state index in [1.807, 2.05) is 25.1 Å². The Labute approximate surface area is 133 Å². The third kappa shape index (κ3) is 3.66. The van der Waals surface area contributed by atoms with E-state index in [1.54, 1.807) is 25.3 Å². The predicted molar refractivity (Wildman–Crippen MR) is 83.5 cm³/mol. The Morgan fingerprint density at radius 2 is 2.04 bits per heavy atom. The summed E-state index contributed by atoms with van der Waals surface area (Å²) in [7, 11) is 0. The molecule has 23 heavy (non-hydrogen) atoms. The molecule has 0 fully saturated rings. The highest BCUT2D eigenvalue weighted by molar-refractivity contribution is 5.78. The van der Waals surface area contributed by atoms with Crippen LogP contribution in [0.25, 0.3) is 11.7 Å². The Bertz CT molecular complexity index is 806. The van der Waals surface area contributed by atoms with Crippen LogP contribution in [0.3, 0.4) is 0 Å². The summed E-state index contributed by atoms with van der Waals surface area (Å²) in [5.74, 6) is 1.41. The van der Waals surface area contributed by atoms with Crippen molar-refractivity contribution in [2.24, 2.45) is 0 Å². The fourth-order valence-corrected chi connectivity index (χ4v) is 2.20. The molecule has 0 radical (unpaired) electrons. The molecular formula is C17H17N3O3. The van der Waals surface area contributed by atoms with E-state index in [9.17, 15) is 4.79 Å².